The lowest BCUT2D eigenvalue weighted by Gasteiger charge is -2.16. The molecule has 0 aliphatic rings. The Kier molecular flexibility index (Phi) is 4.05. The molecule has 0 aliphatic carbocycles. The molecule has 12 heavy (non-hydrogen) atoms. The fraction of sp³-hybridized carbons (Fsp3) is 0.300. The van der Waals surface area contributed by atoms with Crippen LogP contribution in [-0.2, 0) is 0 Å². The van der Waals surface area contributed by atoms with Crippen LogP contribution < -0.4 is 0 Å². The molecule has 0 aromatic heterocycles. The van der Waals surface area contributed by atoms with Crippen molar-refractivity contribution in [1.82, 2.24) is 4.90 Å². The second kappa shape index (κ2) is 4.54. The third-order valence-electron chi connectivity index (χ3n) is 1.45. The lowest BCUT2D eigenvalue weighted by atomic mass is 10.1. The number of allylic oxidation sites excluding steroid dienone is 2. The van der Waals surface area contributed by atoms with E-state index in [2.05, 4.69) is 13.2 Å². The molecular formula is C10H16N2. The lowest BCUT2D eigenvalue weighted by Crippen LogP contribution is -2.23. The molecule has 0 aromatic rings. The second-order valence-corrected chi connectivity index (χ2v) is 2.84. The number of likely N-dealkylation sites (N-methyl/N-ethyl adjacent to an activating group) is 1. The lowest BCUT2D eigenvalue weighted by molar-refractivity contribution is 0.618. The summed E-state index contributed by atoms with van der Waals surface area (Å²) in [4.78, 5) is 1.74. The van der Waals surface area contributed by atoms with Gasteiger partial charge in [0.1, 0.15) is 5.84 Å². The maximum atomic E-state index is 7.68. The third-order valence-corrected chi connectivity index (χ3v) is 1.45. The van der Waals surface area contributed by atoms with E-state index in [0.717, 1.165) is 11.1 Å². The first-order chi connectivity index (χ1) is 5.50. The Balaban J connectivity index is 4.76. The van der Waals surface area contributed by atoms with E-state index in [4.69, 9.17) is 5.41 Å². The van der Waals surface area contributed by atoms with Crippen LogP contribution in [0.1, 0.15) is 6.92 Å². The maximum absolute atomic E-state index is 7.68. The number of hydrogen-bond acceptors (Lipinski definition) is 1. The van der Waals surface area contributed by atoms with Crippen LogP contribution in [0.25, 0.3) is 0 Å². The average molecular weight is 164 g/mol. The van der Waals surface area contributed by atoms with E-state index in [1.54, 1.807) is 17.1 Å². The highest BCUT2D eigenvalue weighted by molar-refractivity contribution is 5.99. The first-order valence-electron chi connectivity index (χ1n) is 3.75. The molecule has 0 rings (SSSR count). The Morgan fingerprint density at radius 2 is 1.92 bits per heavy atom. The normalized spacial score (nSPS) is 10.8. The van der Waals surface area contributed by atoms with Gasteiger partial charge in [-0.3, -0.25) is 5.41 Å². The number of rotatable bonds is 3. The highest BCUT2D eigenvalue weighted by Crippen LogP contribution is 2.09. The first-order valence-corrected chi connectivity index (χ1v) is 3.75. The topological polar surface area (TPSA) is 27.1 Å². The van der Waals surface area contributed by atoms with Crippen molar-refractivity contribution >= 4 is 5.84 Å². The Morgan fingerprint density at radius 3 is 2.17 bits per heavy atom. The molecule has 0 unspecified atom stereocenters. The van der Waals surface area contributed by atoms with Crippen LogP contribution in [0.5, 0.6) is 0 Å². The van der Waals surface area contributed by atoms with Gasteiger partial charge in [0.25, 0.3) is 0 Å². The summed E-state index contributed by atoms with van der Waals surface area (Å²) in [6, 6.07) is 0. The smallest absolute Gasteiger partial charge is 0.127 e. The molecule has 2 nitrogen and oxygen atoms in total. The molecule has 0 atom stereocenters. The zero-order valence-corrected chi connectivity index (χ0v) is 8.02. The molecule has 0 fully saturated rings. The maximum Gasteiger partial charge on any atom is 0.127 e. The summed E-state index contributed by atoms with van der Waals surface area (Å²) < 4.78 is 0. The van der Waals surface area contributed by atoms with Crippen LogP contribution in [0.2, 0.25) is 0 Å². The van der Waals surface area contributed by atoms with E-state index in [9.17, 15) is 0 Å². The minimum atomic E-state index is 0.461. The van der Waals surface area contributed by atoms with E-state index >= 15 is 0 Å². The molecule has 0 saturated carbocycles. The number of hydrogen-bond donors (Lipinski definition) is 1. The molecule has 0 spiro atoms. The monoisotopic (exact) mass is 164 g/mol. The highest BCUT2D eigenvalue weighted by Gasteiger charge is 2.05. The van der Waals surface area contributed by atoms with Crippen LogP contribution in [0.4, 0.5) is 0 Å². The van der Waals surface area contributed by atoms with Crippen LogP contribution in [0.15, 0.2) is 36.5 Å². The second-order valence-electron chi connectivity index (χ2n) is 2.84. The van der Waals surface area contributed by atoms with Gasteiger partial charge in [-0.2, -0.15) is 0 Å². The van der Waals surface area contributed by atoms with E-state index in [-0.39, 0.29) is 0 Å². The summed E-state index contributed by atoms with van der Waals surface area (Å²) in [7, 11) is 3.67. The van der Waals surface area contributed by atoms with Crippen LogP contribution in [-0.4, -0.2) is 24.8 Å². The van der Waals surface area contributed by atoms with Gasteiger partial charge in [-0.1, -0.05) is 25.3 Å². The molecule has 66 valence electrons. The number of nitrogens with one attached hydrogen (secondary N) is 1. The summed E-state index contributed by atoms with van der Waals surface area (Å²) in [6.45, 7) is 9.27. The molecule has 0 bridgehead atoms. The van der Waals surface area contributed by atoms with Gasteiger partial charge < -0.3 is 4.90 Å². The van der Waals surface area contributed by atoms with Crippen molar-refractivity contribution in [3.8, 4) is 0 Å². The number of amidine groups is 1. The summed E-state index contributed by atoms with van der Waals surface area (Å²) in [6.07, 6.45) is 3.46. The molecule has 1 N–H and O–H groups in total. The highest BCUT2D eigenvalue weighted by atomic mass is 15.1. The van der Waals surface area contributed by atoms with Crippen LogP contribution in [0.3, 0.4) is 0 Å². The molecular weight excluding hydrogens is 148 g/mol. The van der Waals surface area contributed by atoms with Crippen molar-refractivity contribution in [3.05, 3.63) is 36.5 Å². The predicted octanol–water partition coefficient (Wildman–Crippen LogP) is 2.21. The van der Waals surface area contributed by atoms with Gasteiger partial charge in [0.2, 0.25) is 0 Å². The van der Waals surface area contributed by atoms with Gasteiger partial charge >= 0.3 is 0 Å². The van der Waals surface area contributed by atoms with Gasteiger partial charge in [-0.25, -0.2) is 0 Å². The van der Waals surface area contributed by atoms with Crippen molar-refractivity contribution in [2.45, 2.75) is 6.92 Å². The zero-order valence-electron chi connectivity index (χ0n) is 8.02. The van der Waals surface area contributed by atoms with Crippen molar-refractivity contribution in [3.63, 3.8) is 0 Å². The molecule has 0 amide bonds. The summed E-state index contributed by atoms with van der Waals surface area (Å²) in [5.41, 5.74) is 1.71. The quantitative estimate of drug-likeness (QED) is 0.386. The Labute approximate surface area is 74.4 Å². The zero-order chi connectivity index (χ0) is 9.72. The van der Waals surface area contributed by atoms with E-state index in [1.807, 2.05) is 21.0 Å². The van der Waals surface area contributed by atoms with Crippen LogP contribution >= 0.6 is 0 Å². The fourth-order valence-corrected chi connectivity index (χ4v) is 0.782. The van der Waals surface area contributed by atoms with E-state index in [1.165, 1.54) is 0 Å². The Bertz CT molecular complexity index is 234. The molecule has 0 aliphatic heterocycles. The van der Waals surface area contributed by atoms with E-state index < -0.39 is 0 Å². The molecule has 2 heteroatoms. The summed E-state index contributed by atoms with van der Waals surface area (Å²) in [5, 5.41) is 7.68. The molecule has 0 radical (unpaired) electrons. The van der Waals surface area contributed by atoms with E-state index in [0.29, 0.717) is 5.84 Å². The van der Waals surface area contributed by atoms with Gasteiger partial charge in [-0.15, -0.1) is 0 Å². The van der Waals surface area contributed by atoms with Crippen molar-refractivity contribution < 1.29 is 0 Å². The number of nitrogens with zero attached hydrogens (tertiary/aromatic N) is 1. The van der Waals surface area contributed by atoms with Crippen molar-refractivity contribution in [1.29, 1.82) is 5.41 Å². The first kappa shape index (κ1) is 10.7. The average Bonchev–Trinajstić information content (AvgIpc) is 1.98. The molecule has 0 saturated heterocycles. The Hall–Kier alpha value is -1.31. The fourth-order valence-electron chi connectivity index (χ4n) is 0.782. The van der Waals surface area contributed by atoms with Gasteiger partial charge in [-0.05, 0) is 12.5 Å². The van der Waals surface area contributed by atoms with Gasteiger partial charge in [0.15, 0.2) is 0 Å². The van der Waals surface area contributed by atoms with Crippen molar-refractivity contribution in [2.24, 2.45) is 0 Å². The largest absolute Gasteiger partial charge is 0.363 e. The summed E-state index contributed by atoms with van der Waals surface area (Å²) in [5.74, 6) is 0.461. The van der Waals surface area contributed by atoms with Crippen LogP contribution in [0, 0.1) is 5.41 Å². The van der Waals surface area contributed by atoms with Gasteiger partial charge in [0, 0.05) is 19.7 Å². The third kappa shape index (κ3) is 2.74. The summed E-state index contributed by atoms with van der Waals surface area (Å²) >= 11 is 0. The Morgan fingerprint density at radius 1 is 1.42 bits per heavy atom. The van der Waals surface area contributed by atoms with Gasteiger partial charge in [0.05, 0.1) is 0 Å². The predicted molar refractivity (Wildman–Crippen MR) is 54.5 cm³/mol. The SMILES string of the molecule is C=C/C=C(\C(=C)C)C(=N)N(C)C. The van der Waals surface area contributed by atoms with Crippen molar-refractivity contribution in [2.75, 3.05) is 14.1 Å². The minimum Gasteiger partial charge on any atom is -0.363 e. The standard InChI is InChI=1S/C10H16N2/c1-6-7-9(8(2)3)10(11)12(4)5/h6-7,11H,1-2H2,3-5H3/b9-7+,11-10?. The molecule has 0 aromatic carbocycles. The minimum absolute atomic E-state index is 0.461. The molecule has 0 heterocycles.